The van der Waals surface area contributed by atoms with Crippen molar-refractivity contribution in [2.24, 2.45) is 0 Å². The van der Waals surface area contributed by atoms with E-state index >= 15 is 0 Å². The summed E-state index contributed by atoms with van der Waals surface area (Å²) in [5.41, 5.74) is 7.91. The van der Waals surface area contributed by atoms with Crippen LogP contribution in [0.2, 0.25) is 0 Å². The van der Waals surface area contributed by atoms with E-state index in [4.69, 9.17) is 15.2 Å². The number of para-hydroxylation sites is 1. The fourth-order valence-corrected chi connectivity index (χ4v) is 4.47. The van der Waals surface area contributed by atoms with E-state index in [1.165, 1.54) is 41.8 Å². The van der Waals surface area contributed by atoms with Crippen molar-refractivity contribution in [1.29, 1.82) is 0 Å². The van der Waals surface area contributed by atoms with Crippen molar-refractivity contribution < 1.29 is 18.9 Å². The van der Waals surface area contributed by atoms with Crippen molar-refractivity contribution >= 4 is 28.6 Å². The fraction of sp³-hybridized carbons (Fsp3) is 0.161. The quantitative estimate of drug-likeness (QED) is 0.135. The molecule has 1 atom stereocenters. The van der Waals surface area contributed by atoms with Gasteiger partial charge in [-0.1, -0.05) is 24.3 Å². The highest BCUT2D eigenvalue weighted by Crippen LogP contribution is 2.26. The number of carbonyl (C=O) groups excluding carboxylic acids is 1. The minimum atomic E-state index is -0.562. The molecule has 0 aliphatic carbocycles. The van der Waals surface area contributed by atoms with Gasteiger partial charge >= 0.3 is 5.69 Å². The summed E-state index contributed by atoms with van der Waals surface area (Å²) in [6.45, 7) is 0.714. The van der Waals surface area contributed by atoms with Crippen LogP contribution in [0.15, 0.2) is 102 Å². The van der Waals surface area contributed by atoms with E-state index in [-0.39, 0.29) is 18.9 Å². The van der Waals surface area contributed by atoms with Crippen molar-refractivity contribution in [1.82, 2.24) is 19.1 Å². The number of benzene rings is 3. The second-order valence-corrected chi connectivity index (χ2v) is 9.93. The second-order valence-electron chi connectivity index (χ2n) is 9.93. The Morgan fingerprint density at radius 3 is 2.49 bits per heavy atom. The molecule has 220 valence electrons. The number of quaternary nitrogens is 1. The third-order valence-corrected chi connectivity index (χ3v) is 6.62. The molecule has 0 saturated heterocycles. The van der Waals surface area contributed by atoms with Crippen molar-refractivity contribution in [2.75, 3.05) is 44.9 Å². The Bertz CT molecular complexity index is 1810. The lowest BCUT2D eigenvalue weighted by Gasteiger charge is -2.37. The number of anilines is 2. The number of amides is 1. The number of rotatable bonds is 11. The predicted octanol–water partition coefficient (Wildman–Crippen LogP) is 4.03. The maximum Gasteiger partial charge on any atom is 0.339 e. The molecular weight excluding hydrogens is 550 g/mol. The SMILES string of the molecule is COCC[N+](C)([O-])CC=CC(=O)Nc1cccc(-n2c(=O)n(-c3ccc(Oc4ccccc4)cc3)c3c(N)ncnc32)c1. The number of imidazole rings is 1. The summed E-state index contributed by atoms with van der Waals surface area (Å²) in [6.07, 6.45) is 4.13. The molecule has 1 amide bonds. The molecule has 0 aliphatic heterocycles. The van der Waals surface area contributed by atoms with Gasteiger partial charge in [0, 0.05) is 18.9 Å². The van der Waals surface area contributed by atoms with Gasteiger partial charge in [-0.3, -0.25) is 9.36 Å². The average Bonchev–Trinajstić information content (AvgIpc) is 3.30. The molecule has 5 aromatic rings. The zero-order valence-corrected chi connectivity index (χ0v) is 23.7. The van der Waals surface area contributed by atoms with Crippen molar-refractivity contribution in [3.63, 3.8) is 0 Å². The first-order chi connectivity index (χ1) is 20.8. The molecule has 12 heteroatoms. The number of likely N-dealkylation sites (N-methyl/N-ethyl adjacent to an activating group) is 1. The molecule has 0 fully saturated rings. The first kappa shape index (κ1) is 29.2. The third-order valence-electron chi connectivity index (χ3n) is 6.62. The predicted molar refractivity (Wildman–Crippen MR) is 164 cm³/mol. The van der Waals surface area contributed by atoms with E-state index in [0.717, 1.165) is 0 Å². The van der Waals surface area contributed by atoms with Gasteiger partial charge in [0.05, 0.1) is 31.6 Å². The Balaban J connectivity index is 1.43. The highest BCUT2D eigenvalue weighted by atomic mass is 16.5. The van der Waals surface area contributed by atoms with Gasteiger partial charge in [-0.05, 0) is 60.7 Å². The van der Waals surface area contributed by atoms with Crippen LogP contribution in [0.25, 0.3) is 22.5 Å². The van der Waals surface area contributed by atoms with Crippen LogP contribution in [-0.4, -0.2) is 63.5 Å². The third kappa shape index (κ3) is 6.79. The molecule has 0 bridgehead atoms. The Kier molecular flexibility index (Phi) is 8.62. The topological polar surface area (TPSA) is 149 Å². The van der Waals surface area contributed by atoms with Gasteiger partial charge in [0.2, 0.25) is 5.91 Å². The highest BCUT2D eigenvalue weighted by Gasteiger charge is 2.20. The zero-order valence-electron chi connectivity index (χ0n) is 23.7. The number of hydroxylamine groups is 3. The van der Waals surface area contributed by atoms with E-state index in [0.29, 0.717) is 46.3 Å². The van der Waals surface area contributed by atoms with Gasteiger partial charge in [-0.2, -0.15) is 0 Å². The van der Waals surface area contributed by atoms with Crippen molar-refractivity contribution in [3.05, 3.63) is 113 Å². The van der Waals surface area contributed by atoms with Crippen molar-refractivity contribution in [2.45, 2.75) is 0 Å². The number of fused-ring (bicyclic) bond motifs is 1. The Morgan fingerprint density at radius 2 is 1.74 bits per heavy atom. The van der Waals surface area contributed by atoms with Crippen LogP contribution in [0.5, 0.6) is 11.5 Å². The van der Waals surface area contributed by atoms with Gasteiger partial charge in [0.15, 0.2) is 11.5 Å². The highest BCUT2D eigenvalue weighted by molar-refractivity contribution is 5.99. The molecule has 0 aliphatic rings. The number of methoxy groups -OCH3 is 1. The summed E-state index contributed by atoms with van der Waals surface area (Å²) in [7, 11) is 3.05. The molecule has 0 saturated carbocycles. The monoisotopic (exact) mass is 581 g/mol. The Labute approximate surface area is 247 Å². The van der Waals surface area contributed by atoms with E-state index in [1.54, 1.807) is 48.5 Å². The van der Waals surface area contributed by atoms with Crippen molar-refractivity contribution in [3.8, 4) is 22.9 Å². The van der Waals surface area contributed by atoms with Gasteiger partial charge in [0.25, 0.3) is 0 Å². The average molecular weight is 582 g/mol. The standard InChI is InChI=1S/C31H31N7O5/c1-38(41,18-19-42-2)17-7-12-27(39)35-22-8-6-9-24(20-22)37-30-28(29(32)33-21-34-30)36(31(37)40)23-13-15-26(16-14-23)43-25-10-4-3-5-11-25/h3-16,20-21H,17-19H2,1-2H3,(H,35,39)(H2,32,33,34). The maximum absolute atomic E-state index is 13.9. The van der Waals surface area contributed by atoms with Crippen LogP contribution in [-0.2, 0) is 9.53 Å². The minimum absolute atomic E-state index is 0.117. The number of hydrogen-bond acceptors (Lipinski definition) is 8. The first-order valence-electron chi connectivity index (χ1n) is 13.5. The number of nitrogen functional groups attached to an aromatic ring is 1. The van der Waals surface area contributed by atoms with Gasteiger partial charge in [0.1, 0.15) is 29.9 Å². The Morgan fingerprint density at radius 1 is 1.00 bits per heavy atom. The number of nitrogens with one attached hydrogen (secondary N) is 1. The van der Waals surface area contributed by atoms with Crippen LogP contribution < -0.4 is 21.5 Å². The summed E-state index contributed by atoms with van der Waals surface area (Å²) in [4.78, 5) is 34.9. The molecule has 3 N–H and O–H groups in total. The fourth-order valence-electron chi connectivity index (χ4n) is 4.47. The molecular formula is C31H31N7O5. The lowest BCUT2D eigenvalue weighted by atomic mass is 10.2. The lowest BCUT2D eigenvalue weighted by Crippen LogP contribution is -2.40. The van der Waals surface area contributed by atoms with Gasteiger partial charge in [-0.25, -0.2) is 19.3 Å². The van der Waals surface area contributed by atoms with Crippen LogP contribution in [0, 0.1) is 5.21 Å². The molecule has 3 aromatic carbocycles. The van der Waals surface area contributed by atoms with Crippen LogP contribution in [0.1, 0.15) is 0 Å². The number of carbonyl (C=O) groups is 1. The number of hydrogen-bond donors (Lipinski definition) is 2. The van der Waals surface area contributed by atoms with Crippen LogP contribution >= 0.6 is 0 Å². The van der Waals surface area contributed by atoms with Crippen LogP contribution in [0.4, 0.5) is 11.5 Å². The normalized spacial score (nSPS) is 12.8. The number of nitrogens with two attached hydrogens (primary N) is 1. The first-order valence-corrected chi connectivity index (χ1v) is 13.5. The molecule has 5 rings (SSSR count). The smallest absolute Gasteiger partial charge is 0.339 e. The van der Waals surface area contributed by atoms with Gasteiger partial charge in [-0.15, -0.1) is 0 Å². The summed E-state index contributed by atoms with van der Waals surface area (Å²) >= 11 is 0. The maximum atomic E-state index is 13.9. The number of ether oxygens (including phenoxy) is 2. The minimum Gasteiger partial charge on any atom is -0.633 e. The lowest BCUT2D eigenvalue weighted by molar-refractivity contribution is -0.855. The van der Waals surface area contributed by atoms with Gasteiger partial charge < -0.3 is 30.4 Å². The second kappa shape index (κ2) is 12.7. The molecule has 2 aromatic heterocycles. The summed E-state index contributed by atoms with van der Waals surface area (Å²) in [5, 5.41) is 15.1. The molecule has 43 heavy (non-hydrogen) atoms. The van der Waals surface area contributed by atoms with E-state index < -0.39 is 16.2 Å². The summed E-state index contributed by atoms with van der Waals surface area (Å²) in [5.74, 6) is 1.01. The number of nitrogens with zero attached hydrogens (tertiary/aromatic N) is 5. The van der Waals surface area contributed by atoms with E-state index in [9.17, 15) is 14.8 Å². The van der Waals surface area contributed by atoms with E-state index in [2.05, 4.69) is 15.3 Å². The molecule has 0 spiro atoms. The molecule has 12 nitrogen and oxygen atoms in total. The summed E-state index contributed by atoms with van der Waals surface area (Å²) in [6, 6.07) is 23.2. The zero-order chi connectivity index (χ0) is 30.4. The Hall–Kier alpha value is -5.30. The van der Waals surface area contributed by atoms with E-state index in [1.807, 2.05) is 30.3 Å². The molecule has 0 radical (unpaired) electrons. The summed E-state index contributed by atoms with van der Waals surface area (Å²) < 4.78 is 13.1. The number of aromatic nitrogens is 4. The molecule has 1 unspecified atom stereocenters. The molecule has 2 heterocycles. The van der Waals surface area contributed by atoms with Crippen LogP contribution in [0.3, 0.4) is 0 Å². The largest absolute Gasteiger partial charge is 0.633 e.